The Hall–Kier alpha value is -0.830. The highest BCUT2D eigenvalue weighted by atomic mass is 15.1. The monoisotopic (exact) mass is 207 g/mol. The van der Waals surface area contributed by atoms with Crippen LogP contribution in [-0.4, -0.2) is 22.3 Å². The van der Waals surface area contributed by atoms with E-state index in [1.165, 1.54) is 30.5 Å². The van der Waals surface area contributed by atoms with Crippen LogP contribution < -0.4 is 5.32 Å². The van der Waals surface area contributed by atoms with Crippen molar-refractivity contribution in [3.05, 3.63) is 17.5 Å². The van der Waals surface area contributed by atoms with Gasteiger partial charge in [-0.2, -0.15) is 5.10 Å². The van der Waals surface area contributed by atoms with Crippen LogP contribution in [0.5, 0.6) is 0 Å². The molecule has 0 aliphatic heterocycles. The Morgan fingerprint density at radius 2 is 2.53 bits per heavy atom. The van der Waals surface area contributed by atoms with E-state index in [9.17, 15) is 0 Å². The molecular formula is C12H21N3. The summed E-state index contributed by atoms with van der Waals surface area (Å²) in [6.07, 6.45) is 8.04. The molecule has 15 heavy (non-hydrogen) atoms. The Labute approximate surface area is 91.7 Å². The van der Waals surface area contributed by atoms with Crippen LogP contribution in [0.3, 0.4) is 0 Å². The number of aromatic amines is 1. The summed E-state index contributed by atoms with van der Waals surface area (Å²) in [6.45, 7) is 4.53. The smallest absolute Gasteiger partial charge is 0.0522 e. The second kappa shape index (κ2) is 4.79. The summed E-state index contributed by atoms with van der Waals surface area (Å²) in [4.78, 5) is 0. The van der Waals surface area contributed by atoms with E-state index in [1.54, 1.807) is 0 Å². The zero-order chi connectivity index (χ0) is 10.7. The molecule has 0 radical (unpaired) electrons. The third-order valence-corrected chi connectivity index (χ3v) is 3.26. The molecule has 1 aromatic rings. The van der Waals surface area contributed by atoms with Gasteiger partial charge in [-0.05, 0) is 38.2 Å². The second-order valence-electron chi connectivity index (χ2n) is 4.67. The van der Waals surface area contributed by atoms with Gasteiger partial charge in [-0.1, -0.05) is 13.3 Å². The Morgan fingerprint density at radius 3 is 3.33 bits per heavy atom. The highest BCUT2D eigenvalue weighted by Gasteiger charge is 2.20. The van der Waals surface area contributed by atoms with Crippen molar-refractivity contribution >= 4 is 0 Å². The lowest BCUT2D eigenvalue weighted by Gasteiger charge is -2.26. The van der Waals surface area contributed by atoms with Crippen LogP contribution in [0.4, 0.5) is 0 Å². The number of rotatable bonds is 4. The van der Waals surface area contributed by atoms with Crippen molar-refractivity contribution in [2.75, 3.05) is 0 Å². The van der Waals surface area contributed by atoms with E-state index in [2.05, 4.69) is 29.4 Å². The van der Waals surface area contributed by atoms with Gasteiger partial charge in [0.05, 0.1) is 6.20 Å². The Bertz CT molecular complexity index is 306. The quantitative estimate of drug-likeness (QED) is 0.793. The van der Waals surface area contributed by atoms with Crippen LogP contribution in [0.25, 0.3) is 0 Å². The average Bonchev–Trinajstić information content (AvgIpc) is 2.65. The molecule has 2 N–H and O–H groups in total. The van der Waals surface area contributed by atoms with E-state index >= 15 is 0 Å². The molecule has 0 fully saturated rings. The van der Waals surface area contributed by atoms with Crippen LogP contribution >= 0.6 is 0 Å². The van der Waals surface area contributed by atoms with Crippen LogP contribution in [0.1, 0.15) is 44.4 Å². The summed E-state index contributed by atoms with van der Waals surface area (Å²) < 4.78 is 0. The third kappa shape index (κ3) is 2.59. The average molecular weight is 207 g/mol. The molecule has 3 nitrogen and oxygen atoms in total. The topological polar surface area (TPSA) is 40.7 Å². The van der Waals surface area contributed by atoms with E-state index in [1.807, 2.05) is 6.20 Å². The largest absolute Gasteiger partial charge is 0.311 e. The number of aromatic nitrogens is 2. The molecule has 0 amide bonds. The zero-order valence-electron chi connectivity index (χ0n) is 9.71. The normalized spacial score (nSPS) is 22.4. The number of nitrogens with zero attached hydrogens (tertiary/aromatic N) is 1. The van der Waals surface area contributed by atoms with E-state index < -0.39 is 0 Å². The predicted octanol–water partition coefficient (Wildman–Crippen LogP) is 2.05. The molecule has 1 aliphatic carbocycles. The molecule has 3 heteroatoms. The maximum atomic E-state index is 4.10. The number of hydrogen-bond donors (Lipinski definition) is 2. The van der Waals surface area contributed by atoms with E-state index in [0.29, 0.717) is 12.1 Å². The molecule has 1 aliphatic rings. The summed E-state index contributed by atoms with van der Waals surface area (Å²) in [5.41, 5.74) is 2.75. The van der Waals surface area contributed by atoms with Crippen molar-refractivity contribution in [3.63, 3.8) is 0 Å². The van der Waals surface area contributed by atoms with Gasteiger partial charge in [0.1, 0.15) is 0 Å². The van der Waals surface area contributed by atoms with Crippen molar-refractivity contribution in [3.8, 4) is 0 Å². The Balaban J connectivity index is 1.87. The first kappa shape index (κ1) is 10.7. The number of aryl methyl sites for hydroxylation is 1. The molecule has 0 bridgehead atoms. The molecule has 2 unspecified atom stereocenters. The molecule has 0 saturated heterocycles. The van der Waals surface area contributed by atoms with Gasteiger partial charge < -0.3 is 5.32 Å². The Morgan fingerprint density at radius 1 is 1.67 bits per heavy atom. The molecule has 2 rings (SSSR count). The van der Waals surface area contributed by atoms with Gasteiger partial charge in [0, 0.05) is 17.8 Å². The van der Waals surface area contributed by atoms with Crippen molar-refractivity contribution < 1.29 is 0 Å². The minimum atomic E-state index is 0.647. The van der Waals surface area contributed by atoms with Gasteiger partial charge in [-0.25, -0.2) is 0 Å². The molecule has 0 spiro atoms. The maximum Gasteiger partial charge on any atom is 0.0522 e. The molecule has 0 aromatic carbocycles. The first-order valence-electron chi connectivity index (χ1n) is 6.06. The van der Waals surface area contributed by atoms with Gasteiger partial charge in [0.15, 0.2) is 0 Å². The van der Waals surface area contributed by atoms with Crippen LogP contribution in [0.2, 0.25) is 0 Å². The Kier molecular flexibility index (Phi) is 3.41. The molecule has 84 valence electrons. The lowest BCUT2D eigenvalue weighted by atomic mass is 9.93. The third-order valence-electron chi connectivity index (χ3n) is 3.26. The predicted molar refractivity (Wildman–Crippen MR) is 61.9 cm³/mol. The van der Waals surface area contributed by atoms with Crippen LogP contribution in [0, 0.1) is 0 Å². The van der Waals surface area contributed by atoms with Gasteiger partial charge in [0.25, 0.3) is 0 Å². The van der Waals surface area contributed by atoms with Gasteiger partial charge in [-0.15, -0.1) is 0 Å². The van der Waals surface area contributed by atoms with Crippen molar-refractivity contribution in [2.24, 2.45) is 0 Å². The van der Waals surface area contributed by atoms with Crippen LogP contribution in [-0.2, 0) is 12.8 Å². The molecular weight excluding hydrogens is 186 g/mol. The maximum absolute atomic E-state index is 4.10. The standard InChI is InChI=1S/C12H21N3/c1-3-4-9(2)14-11-5-6-12-10(7-11)8-13-15-12/h8-9,11,14H,3-7H2,1-2H3,(H,13,15). The lowest BCUT2D eigenvalue weighted by molar-refractivity contribution is 0.391. The fraction of sp³-hybridized carbons (Fsp3) is 0.750. The van der Waals surface area contributed by atoms with E-state index in [-0.39, 0.29) is 0 Å². The van der Waals surface area contributed by atoms with Crippen molar-refractivity contribution in [2.45, 2.75) is 58.0 Å². The number of H-pyrrole nitrogens is 1. The molecule has 1 heterocycles. The lowest BCUT2D eigenvalue weighted by Crippen LogP contribution is -2.40. The molecule has 1 aromatic heterocycles. The summed E-state index contributed by atoms with van der Waals surface area (Å²) in [6, 6.07) is 1.30. The highest BCUT2D eigenvalue weighted by molar-refractivity contribution is 5.21. The van der Waals surface area contributed by atoms with E-state index in [4.69, 9.17) is 0 Å². The van der Waals surface area contributed by atoms with Crippen molar-refractivity contribution in [1.82, 2.24) is 15.5 Å². The number of fused-ring (bicyclic) bond motifs is 1. The molecule has 0 saturated carbocycles. The summed E-state index contributed by atoms with van der Waals surface area (Å²) in [5, 5.41) is 10.9. The summed E-state index contributed by atoms with van der Waals surface area (Å²) in [7, 11) is 0. The fourth-order valence-electron chi connectivity index (χ4n) is 2.48. The first-order valence-corrected chi connectivity index (χ1v) is 6.06. The highest BCUT2D eigenvalue weighted by Crippen LogP contribution is 2.19. The van der Waals surface area contributed by atoms with Gasteiger partial charge >= 0.3 is 0 Å². The summed E-state index contributed by atoms with van der Waals surface area (Å²) in [5.74, 6) is 0. The van der Waals surface area contributed by atoms with Crippen LogP contribution in [0.15, 0.2) is 6.20 Å². The summed E-state index contributed by atoms with van der Waals surface area (Å²) >= 11 is 0. The van der Waals surface area contributed by atoms with Gasteiger partial charge in [-0.3, -0.25) is 5.10 Å². The fourth-order valence-corrected chi connectivity index (χ4v) is 2.48. The number of nitrogens with one attached hydrogen (secondary N) is 2. The minimum absolute atomic E-state index is 0.647. The second-order valence-corrected chi connectivity index (χ2v) is 4.67. The zero-order valence-corrected chi connectivity index (χ0v) is 9.71. The van der Waals surface area contributed by atoms with Gasteiger partial charge in [0.2, 0.25) is 0 Å². The van der Waals surface area contributed by atoms with E-state index in [0.717, 1.165) is 12.8 Å². The molecule has 2 atom stereocenters. The minimum Gasteiger partial charge on any atom is -0.311 e. The van der Waals surface area contributed by atoms with Crippen molar-refractivity contribution in [1.29, 1.82) is 0 Å². The SMILES string of the molecule is CCCC(C)NC1CCc2[nH]ncc2C1. The number of hydrogen-bond acceptors (Lipinski definition) is 2. The first-order chi connectivity index (χ1) is 7.29.